The molecule has 2 aliphatic heterocycles. The van der Waals surface area contributed by atoms with Crippen molar-refractivity contribution in [3.63, 3.8) is 0 Å². The number of hydrogen-bond acceptors (Lipinski definition) is 13. The van der Waals surface area contributed by atoms with Crippen molar-refractivity contribution in [2.45, 2.75) is 102 Å². The maximum absolute atomic E-state index is 12.1. The number of carbonyl (C=O) groups excluding carboxylic acids is 3. The molecule has 0 aromatic heterocycles. The number of aliphatic hydroxyl groups is 1. The van der Waals surface area contributed by atoms with Gasteiger partial charge in [-0.15, -0.1) is 0 Å². The van der Waals surface area contributed by atoms with Crippen LogP contribution in [0.5, 0.6) is 0 Å². The number of hydrogen-bond donors (Lipinski definition) is 1. The van der Waals surface area contributed by atoms with E-state index in [1.807, 2.05) is 91.0 Å². The molecule has 9 atom stereocenters. The second-order valence-corrected chi connectivity index (χ2v) is 12.5. The minimum atomic E-state index is -1.43. The van der Waals surface area contributed by atoms with Crippen molar-refractivity contribution in [1.29, 1.82) is 0 Å². The van der Waals surface area contributed by atoms with Gasteiger partial charge in [0.15, 0.2) is 18.7 Å². The van der Waals surface area contributed by atoms with Gasteiger partial charge in [0.05, 0.1) is 26.4 Å². The van der Waals surface area contributed by atoms with Crippen LogP contribution in [-0.2, 0) is 76.8 Å². The van der Waals surface area contributed by atoms with E-state index in [9.17, 15) is 19.5 Å². The van der Waals surface area contributed by atoms with Gasteiger partial charge in [-0.2, -0.15) is 0 Å². The zero-order chi connectivity index (χ0) is 36.9. The van der Waals surface area contributed by atoms with Gasteiger partial charge in [0.1, 0.15) is 43.2 Å². The number of rotatable bonds is 16. The molecule has 0 spiro atoms. The predicted octanol–water partition coefficient (Wildman–Crippen LogP) is 4.02. The summed E-state index contributed by atoms with van der Waals surface area (Å²) in [5, 5.41) is 11.4. The third-order valence-electron chi connectivity index (χ3n) is 8.47. The lowest BCUT2D eigenvalue weighted by Gasteiger charge is -2.45. The number of benzene rings is 3. The molecule has 0 amide bonds. The van der Waals surface area contributed by atoms with Gasteiger partial charge in [0.2, 0.25) is 0 Å². The number of aliphatic hydroxyl groups excluding tert-OH is 1. The van der Waals surface area contributed by atoms with Crippen LogP contribution in [0.1, 0.15) is 43.9 Å². The van der Waals surface area contributed by atoms with Crippen molar-refractivity contribution < 1.29 is 62.1 Å². The van der Waals surface area contributed by atoms with E-state index in [-0.39, 0.29) is 39.5 Å². The highest BCUT2D eigenvalue weighted by molar-refractivity contribution is 5.67. The zero-order valence-corrected chi connectivity index (χ0v) is 29.4. The third-order valence-corrected chi connectivity index (χ3v) is 8.47. The molecule has 13 nitrogen and oxygen atoms in total. The van der Waals surface area contributed by atoms with Gasteiger partial charge in [-0.25, -0.2) is 0 Å². The molecule has 280 valence electrons. The molecule has 0 aliphatic carbocycles. The second-order valence-electron chi connectivity index (χ2n) is 12.5. The predicted molar refractivity (Wildman–Crippen MR) is 183 cm³/mol. The maximum atomic E-state index is 12.1. The molecule has 2 saturated heterocycles. The van der Waals surface area contributed by atoms with Crippen LogP contribution in [0.15, 0.2) is 91.0 Å². The van der Waals surface area contributed by atoms with Crippen molar-refractivity contribution >= 4 is 17.9 Å². The van der Waals surface area contributed by atoms with Crippen molar-refractivity contribution in [3.8, 4) is 0 Å². The second kappa shape index (κ2) is 19.6. The number of carbonyl (C=O) groups is 3. The van der Waals surface area contributed by atoms with Crippen LogP contribution in [0.4, 0.5) is 0 Å². The monoisotopic (exact) mass is 722 g/mol. The maximum Gasteiger partial charge on any atom is 0.303 e. The van der Waals surface area contributed by atoms with Crippen molar-refractivity contribution in [2.75, 3.05) is 13.2 Å². The molecule has 1 N–H and O–H groups in total. The summed E-state index contributed by atoms with van der Waals surface area (Å²) in [7, 11) is 0. The number of esters is 3. The van der Waals surface area contributed by atoms with Gasteiger partial charge in [-0.1, -0.05) is 91.0 Å². The van der Waals surface area contributed by atoms with Crippen LogP contribution in [0.3, 0.4) is 0 Å². The Hall–Kier alpha value is -4.21. The molecule has 52 heavy (non-hydrogen) atoms. The van der Waals surface area contributed by atoms with Gasteiger partial charge < -0.3 is 47.7 Å². The quantitative estimate of drug-likeness (QED) is 0.167. The topological polar surface area (TPSA) is 155 Å². The third kappa shape index (κ3) is 11.7. The summed E-state index contributed by atoms with van der Waals surface area (Å²) in [6.45, 7) is 3.81. The van der Waals surface area contributed by atoms with Gasteiger partial charge in [-0.3, -0.25) is 14.4 Å². The van der Waals surface area contributed by atoms with E-state index in [1.165, 1.54) is 20.8 Å². The lowest BCUT2D eigenvalue weighted by atomic mass is 9.97. The van der Waals surface area contributed by atoms with Gasteiger partial charge >= 0.3 is 17.9 Å². The summed E-state index contributed by atoms with van der Waals surface area (Å²) in [4.78, 5) is 35.7. The van der Waals surface area contributed by atoms with E-state index in [0.717, 1.165) is 16.7 Å². The standard InChI is InChI=1S/C39H46O13/c1-25(40)44-23-32-35(50-27(3)42)31(49-26(2)41)19-34(51-32)45-24-33-36(46-20-28-13-7-4-8-14-28)37(47-21-29-15-9-5-10-16-29)38(39(43)52-33)48-22-30-17-11-6-12-18-30/h4-18,31-39,43H,19-24H2,1-3H3/t31-,32-,33-,34-,35+,36-,37+,38-,39+/m1/s1. The van der Waals surface area contributed by atoms with E-state index in [1.54, 1.807) is 0 Å². The number of ether oxygens (including phenoxy) is 9. The Morgan fingerprint density at radius 2 is 1.06 bits per heavy atom. The first-order valence-electron chi connectivity index (χ1n) is 17.2. The van der Waals surface area contributed by atoms with Crippen molar-refractivity contribution in [1.82, 2.24) is 0 Å². The minimum absolute atomic E-state index is 0.0182. The van der Waals surface area contributed by atoms with Crippen molar-refractivity contribution in [3.05, 3.63) is 108 Å². The summed E-state index contributed by atoms with van der Waals surface area (Å²) in [5.74, 6) is -1.82. The first-order chi connectivity index (χ1) is 25.2. The Morgan fingerprint density at radius 1 is 0.577 bits per heavy atom. The van der Waals surface area contributed by atoms with E-state index < -0.39 is 73.2 Å². The molecular formula is C39H46O13. The lowest BCUT2D eigenvalue weighted by Crippen LogP contribution is -2.61. The van der Waals surface area contributed by atoms with E-state index >= 15 is 0 Å². The smallest absolute Gasteiger partial charge is 0.303 e. The first kappa shape index (κ1) is 39.0. The largest absolute Gasteiger partial charge is 0.463 e. The Bertz CT molecular complexity index is 1540. The highest BCUT2D eigenvalue weighted by atomic mass is 16.7. The first-order valence-corrected chi connectivity index (χ1v) is 17.2. The van der Waals surface area contributed by atoms with Gasteiger partial charge in [0.25, 0.3) is 0 Å². The highest BCUT2D eigenvalue weighted by Crippen LogP contribution is 2.32. The van der Waals surface area contributed by atoms with Crippen LogP contribution >= 0.6 is 0 Å². The normalized spacial score (nSPS) is 27.3. The van der Waals surface area contributed by atoms with Gasteiger partial charge in [-0.05, 0) is 16.7 Å². The summed E-state index contributed by atoms with van der Waals surface area (Å²) in [5.41, 5.74) is 2.71. The average molecular weight is 723 g/mol. The fraction of sp³-hybridized carbons (Fsp3) is 0.462. The average Bonchev–Trinajstić information content (AvgIpc) is 3.13. The van der Waals surface area contributed by atoms with Crippen LogP contribution in [-0.4, -0.2) is 91.5 Å². The van der Waals surface area contributed by atoms with Crippen LogP contribution in [0.2, 0.25) is 0 Å². The van der Waals surface area contributed by atoms with Crippen LogP contribution < -0.4 is 0 Å². The summed E-state index contributed by atoms with van der Waals surface area (Å²) in [6.07, 6.45) is -9.00. The highest BCUT2D eigenvalue weighted by Gasteiger charge is 2.49. The van der Waals surface area contributed by atoms with E-state index in [0.29, 0.717) is 0 Å². The molecule has 0 bridgehead atoms. The summed E-state index contributed by atoms with van der Waals surface area (Å²) in [6, 6.07) is 28.8. The van der Waals surface area contributed by atoms with Crippen molar-refractivity contribution in [2.24, 2.45) is 0 Å². The SMILES string of the molecule is CC(=O)OC[C@H]1O[C@@H](OC[C@H]2O[C@H](O)[C@H](OCc3ccccc3)[C@@H](OCc3ccccc3)[C@@H]2OCc2ccccc2)C[C@@H](OC(C)=O)[C@@H]1OC(C)=O. The van der Waals surface area contributed by atoms with Crippen LogP contribution in [0.25, 0.3) is 0 Å². The van der Waals surface area contributed by atoms with E-state index in [4.69, 9.17) is 42.6 Å². The zero-order valence-electron chi connectivity index (χ0n) is 29.4. The Balaban J connectivity index is 1.38. The molecule has 2 fully saturated rings. The minimum Gasteiger partial charge on any atom is -0.463 e. The molecule has 2 heterocycles. The van der Waals surface area contributed by atoms with E-state index in [2.05, 4.69) is 0 Å². The molecule has 0 saturated carbocycles. The molecule has 5 rings (SSSR count). The van der Waals surface area contributed by atoms with Gasteiger partial charge in [0, 0.05) is 27.2 Å². The molecule has 13 heteroatoms. The molecule has 0 radical (unpaired) electrons. The Morgan fingerprint density at radius 3 is 1.56 bits per heavy atom. The lowest BCUT2D eigenvalue weighted by molar-refractivity contribution is -0.328. The molecule has 0 unspecified atom stereocenters. The summed E-state index contributed by atoms with van der Waals surface area (Å²) < 4.78 is 53.9. The fourth-order valence-corrected chi connectivity index (χ4v) is 6.10. The molecule has 2 aliphatic rings. The molecule has 3 aromatic carbocycles. The Kier molecular flexibility index (Phi) is 14.7. The summed E-state index contributed by atoms with van der Waals surface area (Å²) >= 11 is 0. The molecular weight excluding hydrogens is 676 g/mol. The Labute approximate surface area is 302 Å². The van der Waals surface area contributed by atoms with Crippen LogP contribution in [0, 0.1) is 0 Å². The molecule has 3 aromatic rings. The fourth-order valence-electron chi connectivity index (χ4n) is 6.10.